The summed E-state index contributed by atoms with van der Waals surface area (Å²) in [6.07, 6.45) is 11.4. The van der Waals surface area contributed by atoms with Crippen LogP contribution in [0.3, 0.4) is 0 Å². The summed E-state index contributed by atoms with van der Waals surface area (Å²) < 4.78 is 6.28. The summed E-state index contributed by atoms with van der Waals surface area (Å²) in [6.45, 7) is 6.31. The first-order valence-corrected chi connectivity index (χ1v) is 7.83. The summed E-state index contributed by atoms with van der Waals surface area (Å²) >= 11 is 0. The predicted octanol–water partition coefficient (Wildman–Crippen LogP) is 1.56. The fourth-order valence-electron chi connectivity index (χ4n) is 4.34. The third kappa shape index (κ3) is 1.71. The number of morpholine rings is 1. The van der Waals surface area contributed by atoms with Gasteiger partial charge in [0.2, 0.25) is 0 Å². The first-order chi connectivity index (χ1) is 9.80. The van der Waals surface area contributed by atoms with Crippen molar-refractivity contribution in [2.24, 2.45) is 16.9 Å². The second-order valence-corrected chi connectivity index (χ2v) is 6.47. The quantitative estimate of drug-likeness (QED) is 0.788. The molecule has 4 rings (SSSR count). The fraction of sp³-hybridized carbons (Fsp3) is 0.688. The number of piperidine rings is 1. The summed E-state index contributed by atoms with van der Waals surface area (Å²) in [5, 5.41) is 10.6. The van der Waals surface area contributed by atoms with Gasteiger partial charge in [-0.1, -0.05) is 18.2 Å². The first kappa shape index (κ1) is 12.6. The van der Waals surface area contributed by atoms with Gasteiger partial charge < -0.3 is 10.1 Å². The van der Waals surface area contributed by atoms with Gasteiger partial charge >= 0.3 is 0 Å². The maximum Gasteiger partial charge on any atom is 0.0934 e. The molecule has 1 aliphatic carbocycles. The van der Waals surface area contributed by atoms with Crippen molar-refractivity contribution in [2.75, 3.05) is 26.2 Å². The van der Waals surface area contributed by atoms with Gasteiger partial charge in [0, 0.05) is 5.92 Å². The van der Waals surface area contributed by atoms with E-state index in [9.17, 15) is 0 Å². The molecule has 0 aromatic rings. The van der Waals surface area contributed by atoms with Crippen LogP contribution in [0.1, 0.15) is 19.8 Å². The van der Waals surface area contributed by atoms with Crippen molar-refractivity contribution >= 4 is 5.71 Å². The van der Waals surface area contributed by atoms with E-state index in [-0.39, 0.29) is 5.54 Å². The molecule has 4 aliphatic rings. The Kier molecular flexibility index (Phi) is 2.97. The lowest BCUT2D eigenvalue weighted by Crippen LogP contribution is -2.63. The Bertz CT molecular complexity index is 478. The number of ether oxygens (including phenoxy) is 1. The number of fused-ring (bicyclic) bond motifs is 3. The normalized spacial score (nSPS) is 40.5. The summed E-state index contributed by atoms with van der Waals surface area (Å²) in [4.78, 5) is 0. The van der Waals surface area contributed by atoms with E-state index in [0.29, 0.717) is 17.9 Å². The van der Waals surface area contributed by atoms with Gasteiger partial charge in [0.25, 0.3) is 0 Å². The van der Waals surface area contributed by atoms with Gasteiger partial charge in [-0.15, -0.1) is 0 Å². The van der Waals surface area contributed by atoms with E-state index in [4.69, 9.17) is 9.84 Å². The number of hydrogen-bond acceptors (Lipinski definition) is 4. The van der Waals surface area contributed by atoms with Crippen LogP contribution in [-0.4, -0.2) is 48.6 Å². The van der Waals surface area contributed by atoms with Crippen LogP contribution in [0.25, 0.3) is 0 Å². The number of hydrogen-bond donors (Lipinski definition) is 1. The second kappa shape index (κ2) is 4.71. The smallest absolute Gasteiger partial charge is 0.0934 e. The van der Waals surface area contributed by atoms with Gasteiger partial charge in [0.15, 0.2) is 0 Å². The van der Waals surface area contributed by atoms with Gasteiger partial charge in [0.1, 0.15) is 0 Å². The van der Waals surface area contributed by atoms with Crippen LogP contribution in [-0.2, 0) is 4.74 Å². The molecular formula is C16H23N3O. The molecule has 0 aromatic carbocycles. The average Bonchev–Trinajstić information content (AvgIpc) is 2.81. The van der Waals surface area contributed by atoms with Crippen LogP contribution in [0.5, 0.6) is 0 Å². The molecular weight excluding hydrogens is 250 g/mol. The minimum Gasteiger partial charge on any atom is -0.373 e. The Morgan fingerprint density at radius 3 is 3.05 bits per heavy atom. The van der Waals surface area contributed by atoms with Gasteiger partial charge in [-0.25, -0.2) is 0 Å². The SMILES string of the molecule is CC12C3C=CC=CC3=NN1CCOC2C1CCNCC1. The lowest BCUT2D eigenvalue weighted by atomic mass is 9.71. The van der Waals surface area contributed by atoms with E-state index < -0.39 is 0 Å². The van der Waals surface area contributed by atoms with Crippen LogP contribution in [0, 0.1) is 11.8 Å². The van der Waals surface area contributed by atoms with Crippen LogP contribution >= 0.6 is 0 Å². The highest BCUT2D eigenvalue weighted by atomic mass is 16.5. The largest absolute Gasteiger partial charge is 0.373 e. The van der Waals surface area contributed by atoms with Gasteiger partial charge in [-0.2, -0.15) is 5.10 Å². The van der Waals surface area contributed by atoms with Crippen LogP contribution in [0.2, 0.25) is 0 Å². The number of nitrogens with one attached hydrogen (secondary N) is 1. The molecule has 0 aromatic heterocycles. The van der Waals surface area contributed by atoms with E-state index in [0.717, 1.165) is 26.2 Å². The first-order valence-electron chi connectivity index (χ1n) is 7.83. The molecule has 1 N–H and O–H groups in total. The topological polar surface area (TPSA) is 36.9 Å². The van der Waals surface area contributed by atoms with Crippen molar-refractivity contribution in [1.29, 1.82) is 0 Å². The van der Waals surface area contributed by atoms with E-state index in [2.05, 4.69) is 41.6 Å². The van der Waals surface area contributed by atoms with Gasteiger partial charge in [-0.05, 0) is 44.8 Å². The maximum atomic E-state index is 6.28. The highest BCUT2D eigenvalue weighted by molar-refractivity contribution is 6.01. The fourth-order valence-corrected chi connectivity index (χ4v) is 4.34. The van der Waals surface area contributed by atoms with E-state index in [1.165, 1.54) is 18.6 Å². The van der Waals surface area contributed by atoms with Crippen LogP contribution in [0.4, 0.5) is 0 Å². The maximum absolute atomic E-state index is 6.28. The van der Waals surface area contributed by atoms with Crippen molar-refractivity contribution in [2.45, 2.75) is 31.4 Å². The van der Waals surface area contributed by atoms with E-state index >= 15 is 0 Å². The molecule has 20 heavy (non-hydrogen) atoms. The summed E-state index contributed by atoms with van der Waals surface area (Å²) in [7, 11) is 0. The number of rotatable bonds is 1. The molecule has 0 saturated carbocycles. The van der Waals surface area contributed by atoms with Gasteiger partial charge in [0.05, 0.1) is 30.5 Å². The van der Waals surface area contributed by atoms with Crippen LogP contribution in [0.15, 0.2) is 29.4 Å². The molecule has 3 atom stereocenters. The second-order valence-electron chi connectivity index (χ2n) is 6.47. The zero-order chi connectivity index (χ0) is 13.6. The molecule has 2 fully saturated rings. The molecule has 2 saturated heterocycles. The lowest BCUT2D eigenvalue weighted by molar-refractivity contribution is -0.146. The minimum absolute atomic E-state index is 0.00313. The lowest BCUT2D eigenvalue weighted by Gasteiger charge is -2.50. The Balaban J connectivity index is 1.67. The number of allylic oxidation sites excluding steroid dienone is 3. The minimum atomic E-state index is -0.00313. The molecule has 0 amide bonds. The molecule has 0 bridgehead atoms. The summed E-state index contributed by atoms with van der Waals surface area (Å²) in [6, 6.07) is 0. The highest BCUT2D eigenvalue weighted by Gasteiger charge is 2.55. The van der Waals surface area contributed by atoms with Crippen molar-refractivity contribution in [3.8, 4) is 0 Å². The Labute approximate surface area is 120 Å². The Morgan fingerprint density at radius 1 is 1.35 bits per heavy atom. The van der Waals surface area contributed by atoms with Crippen molar-refractivity contribution in [3.63, 3.8) is 0 Å². The number of hydrazone groups is 1. The van der Waals surface area contributed by atoms with Crippen molar-refractivity contribution < 1.29 is 4.74 Å². The van der Waals surface area contributed by atoms with E-state index in [1.54, 1.807) is 0 Å². The molecule has 0 spiro atoms. The van der Waals surface area contributed by atoms with Gasteiger partial charge in [-0.3, -0.25) is 5.01 Å². The third-order valence-corrected chi connectivity index (χ3v) is 5.41. The molecule has 108 valence electrons. The summed E-state index contributed by atoms with van der Waals surface area (Å²) in [5.41, 5.74) is 1.20. The van der Waals surface area contributed by atoms with Crippen LogP contribution < -0.4 is 5.32 Å². The molecule has 4 nitrogen and oxygen atoms in total. The zero-order valence-electron chi connectivity index (χ0n) is 12.1. The summed E-state index contributed by atoms with van der Waals surface area (Å²) in [5.74, 6) is 1.03. The Hall–Kier alpha value is -1.13. The monoisotopic (exact) mass is 273 g/mol. The predicted molar refractivity (Wildman–Crippen MR) is 79.6 cm³/mol. The third-order valence-electron chi connectivity index (χ3n) is 5.41. The van der Waals surface area contributed by atoms with Crippen molar-refractivity contribution in [3.05, 3.63) is 24.3 Å². The number of nitrogens with zero attached hydrogens (tertiary/aromatic N) is 2. The highest BCUT2D eigenvalue weighted by Crippen LogP contribution is 2.45. The molecule has 3 aliphatic heterocycles. The molecule has 0 radical (unpaired) electrons. The van der Waals surface area contributed by atoms with Crippen molar-refractivity contribution in [1.82, 2.24) is 10.3 Å². The van der Waals surface area contributed by atoms with E-state index in [1.807, 2.05) is 0 Å². The zero-order valence-corrected chi connectivity index (χ0v) is 12.1. The average molecular weight is 273 g/mol. The Morgan fingerprint density at radius 2 is 2.20 bits per heavy atom. The standard InChI is InChI=1S/C16H23N3O/c1-16-13-4-2-3-5-14(13)18-19(16)10-11-20-15(16)12-6-8-17-9-7-12/h2-5,12-13,15,17H,6-11H2,1H3. The molecule has 3 heterocycles. The molecule has 4 heteroatoms. The molecule has 3 unspecified atom stereocenters.